The molecule has 0 spiro atoms. The number of aryl methyl sites for hydroxylation is 1. The topological polar surface area (TPSA) is 72.3 Å². The predicted octanol–water partition coefficient (Wildman–Crippen LogP) is 3.18. The highest BCUT2D eigenvalue weighted by atomic mass is 35.5. The first-order valence-electron chi connectivity index (χ1n) is 5.60. The van der Waals surface area contributed by atoms with E-state index < -0.39 is 5.97 Å². The molecule has 1 N–H and O–H groups in total. The molecule has 0 aliphatic heterocycles. The van der Waals surface area contributed by atoms with Gasteiger partial charge in [0.15, 0.2) is 0 Å². The molecule has 0 aliphatic carbocycles. The summed E-state index contributed by atoms with van der Waals surface area (Å²) in [4.78, 5) is 19.0. The summed E-state index contributed by atoms with van der Waals surface area (Å²) in [6.45, 7) is 1.99. The zero-order valence-corrected chi connectivity index (χ0v) is 10.9. The second-order valence-corrected chi connectivity index (χ2v) is 4.23. The molecule has 2 aromatic heterocycles. The Morgan fingerprint density at radius 3 is 2.84 bits per heavy atom. The summed E-state index contributed by atoms with van der Waals surface area (Å²) in [5.74, 6) is -0.715. The van der Waals surface area contributed by atoms with E-state index in [2.05, 4.69) is 9.97 Å². The lowest BCUT2D eigenvalue weighted by molar-refractivity contribution is 0.0693. The van der Waals surface area contributed by atoms with Crippen LogP contribution in [-0.2, 0) is 6.42 Å². The van der Waals surface area contributed by atoms with Crippen molar-refractivity contribution >= 4 is 17.6 Å². The minimum absolute atomic E-state index is 0.00745. The third-order valence-electron chi connectivity index (χ3n) is 2.44. The van der Waals surface area contributed by atoms with Crippen molar-refractivity contribution < 1.29 is 14.6 Å². The first-order chi connectivity index (χ1) is 9.10. The van der Waals surface area contributed by atoms with E-state index in [1.54, 1.807) is 12.3 Å². The molecule has 0 unspecified atom stereocenters. The number of rotatable bonds is 4. The van der Waals surface area contributed by atoms with E-state index in [4.69, 9.17) is 21.4 Å². The molecule has 2 rings (SSSR count). The molecule has 0 saturated carbocycles. The summed E-state index contributed by atoms with van der Waals surface area (Å²) in [6, 6.07) is 3.08. The Hall–Kier alpha value is -2.14. The van der Waals surface area contributed by atoms with Crippen molar-refractivity contribution in [3.05, 3.63) is 46.9 Å². The van der Waals surface area contributed by atoms with E-state index in [0.717, 1.165) is 12.0 Å². The second kappa shape index (κ2) is 5.67. The van der Waals surface area contributed by atoms with Crippen molar-refractivity contribution in [3.8, 4) is 11.6 Å². The maximum absolute atomic E-state index is 11.1. The fourth-order valence-electron chi connectivity index (χ4n) is 1.49. The van der Waals surface area contributed by atoms with Gasteiger partial charge in [0.2, 0.25) is 5.88 Å². The largest absolute Gasteiger partial charge is 0.477 e. The Labute approximate surface area is 114 Å². The molecule has 2 aromatic rings. The third-order valence-corrected chi connectivity index (χ3v) is 2.65. The van der Waals surface area contributed by atoms with Gasteiger partial charge in [-0.2, -0.15) is 0 Å². The van der Waals surface area contributed by atoms with Gasteiger partial charge in [-0.15, -0.1) is 0 Å². The van der Waals surface area contributed by atoms with Crippen LogP contribution in [0.1, 0.15) is 22.8 Å². The predicted molar refractivity (Wildman–Crippen MR) is 69.9 cm³/mol. The van der Waals surface area contributed by atoms with Crippen LogP contribution in [-0.4, -0.2) is 21.0 Å². The highest BCUT2D eigenvalue weighted by Crippen LogP contribution is 2.25. The van der Waals surface area contributed by atoms with Crippen LogP contribution < -0.4 is 4.74 Å². The average Bonchev–Trinajstić information content (AvgIpc) is 2.41. The Morgan fingerprint density at radius 2 is 2.16 bits per heavy atom. The SMILES string of the molecule is CCc1cncc(Oc2ncc(Cl)cc2C(=O)O)c1. The molecule has 0 aromatic carbocycles. The van der Waals surface area contributed by atoms with E-state index in [1.165, 1.54) is 18.5 Å². The third kappa shape index (κ3) is 3.20. The van der Waals surface area contributed by atoms with Gasteiger partial charge in [-0.3, -0.25) is 4.98 Å². The average molecular weight is 279 g/mol. The van der Waals surface area contributed by atoms with Crippen LogP contribution in [0.4, 0.5) is 0 Å². The lowest BCUT2D eigenvalue weighted by atomic mass is 10.2. The fraction of sp³-hybridized carbons (Fsp3) is 0.154. The highest BCUT2D eigenvalue weighted by Gasteiger charge is 2.14. The van der Waals surface area contributed by atoms with E-state index in [0.29, 0.717) is 5.75 Å². The maximum Gasteiger partial charge on any atom is 0.341 e. The Morgan fingerprint density at radius 1 is 1.37 bits per heavy atom. The number of carboxylic acids is 1. The molecule has 5 nitrogen and oxygen atoms in total. The number of hydrogen-bond acceptors (Lipinski definition) is 4. The lowest BCUT2D eigenvalue weighted by Crippen LogP contribution is -2.02. The zero-order chi connectivity index (χ0) is 13.8. The van der Waals surface area contributed by atoms with Gasteiger partial charge in [0.05, 0.1) is 11.2 Å². The van der Waals surface area contributed by atoms with Crippen LogP contribution in [0.15, 0.2) is 30.7 Å². The standard InChI is InChI=1S/C13H11ClN2O3/c1-2-8-3-10(7-15-5-8)19-12-11(13(17)18)4-9(14)6-16-12/h3-7H,2H2,1H3,(H,17,18). The molecule has 0 aliphatic rings. The van der Waals surface area contributed by atoms with Crippen LogP contribution in [0, 0.1) is 0 Å². The smallest absolute Gasteiger partial charge is 0.341 e. The molecule has 0 fully saturated rings. The van der Waals surface area contributed by atoms with Crippen molar-refractivity contribution in [2.75, 3.05) is 0 Å². The summed E-state index contributed by atoms with van der Waals surface area (Å²) >= 11 is 5.72. The van der Waals surface area contributed by atoms with E-state index in [9.17, 15) is 4.79 Å². The molecule has 0 radical (unpaired) electrons. The quantitative estimate of drug-likeness (QED) is 0.930. The Bertz CT molecular complexity index is 617. The van der Waals surface area contributed by atoms with E-state index >= 15 is 0 Å². The number of ether oxygens (including phenoxy) is 1. The Kier molecular flexibility index (Phi) is 3.97. The number of aromatic nitrogens is 2. The van der Waals surface area contributed by atoms with Gasteiger partial charge in [0.1, 0.15) is 11.3 Å². The van der Waals surface area contributed by atoms with Gasteiger partial charge < -0.3 is 9.84 Å². The summed E-state index contributed by atoms with van der Waals surface area (Å²) in [7, 11) is 0. The second-order valence-electron chi connectivity index (χ2n) is 3.80. The van der Waals surface area contributed by atoms with Gasteiger partial charge in [0, 0.05) is 12.4 Å². The van der Waals surface area contributed by atoms with Gasteiger partial charge in [-0.1, -0.05) is 18.5 Å². The number of halogens is 1. The maximum atomic E-state index is 11.1. The summed E-state index contributed by atoms with van der Waals surface area (Å²) in [6.07, 6.45) is 5.37. The van der Waals surface area contributed by atoms with Crippen LogP contribution in [0.5, 0.6) is 11.6 Å². The minimum Gasteiger partial charge on any atom is -0.477 e. The molecule has 2 heterocycles. The van der Waals surface area contributed by atoms with Gasteiger partial charge >= 0.3 is 5.97 Å². The van der Waals surface area contributed by atoms with E-state index in [-0.39, 0.29) is 16.5 Å². The number of aromatic carboxylic acids is 1. The molecule has 0 saturated heterocycles. The van der Waals surface area contributed by atoms with Crippen LogP contribution in [0.2, 0.25) is 5.02 Å². The minimum atomic E-state index is -1.15. The van der Waals surface area contributed by atoms with Crippen LogP contribution >= 0.6 is 11.6 Å². The first kappa shape index (κ1) is 13.3. The molecular weight excluding hydrogens is 268 g/mol. The zero-order valence-electron chi connectivity index (χ0n) is 10.1. The molecule has 0 atom stereocenters. The van der Waals surface area contributed by atoms with Gasteiger partial charge in [-0.05, 0) is 24.1 Å². The highest BCUT2D eigenvalue weighted by molar-refractivity contribution is 6.30. The number of carbonyl (C=O) groups is 1. The molecular formula is C13H11ClN2O3. The van der Waals surface area contributed by atoms with Crippen molar-refractivity contribution in [2.45, 2.75) is 13.3 Å². The molecule has 0 amide bonds. The molecule has 98 valence electrons. The molecule has 6 heteroatoms. The lowest BCUT2D eigenvalue weighted by Gasteiger charge is -2.08. The number of nitrogens with zero attached hydrogens (tertiary/aromatic N) is 2. The molecule has 0 bridgehead atoms. The van der Waals surface area contributed by atoms with Crippen molar-refractivity contribution in [3.63, 3.8) is 0 Å². The summed E-state index contributed by atoms with van der Waals surface area (Å²) in [5.41, 5.74) is 0.901. The van der Waals surface area contributed by atoms with Gasteiger partial charge in [-0.25, -0.2) is 9.78 Å². The van der Waals surface area contributed by atoms with Gasteiger partial charge in [0.25, 0.3) is 0 Å². The van der Waals surface area contributed by atoms with Crippen LogP contribution in [0.3, 0.4) is 0 Å². The normalized spacial score (nSPS) is 10.2. The number of pyridine rings is 2. The van der Waals surface area contributed by atoms with E-state index in [1.807, 2.05) is 6.92 Å². The summed E-state index contributed by atoms with van der Waals surface area (Å²) in [5, 5.41) is 9.32. The van der Waals surface area contributed by atoms with Crippen molar-refractivity contribution in [1.82, 2.24) is 9.97 Å². The monoisotopic (exact) mass is 278 g/mol. The number of hydrogen-bond donors (Lipinski definition) is 1. The Balaban J connectivity index is 2.34. The summed E-state index contributed by atoms with van der Waals surface area (Å²) < 4.78 is 5.46. The number of carboxylic acid groups (broad SMARTS) is 1. The first-order valence-corrected chi connectivity index (χ1v) is 5.98. The van der Waals surface area contributed by atoms with Crippen molar-refractivity contribution in [2.24, 2.45) is 0 Å². The van der Waals surface area contributed by atoms with Crippen LogP contribution in [0.25, 0.3) is 0 Å². The fourth-order valence-corrected chi connectivity index (χ4v) is 1.64. The van der Waals surface area contributed by atoms with Crippen molar-refractivity contribution in [1.29, 1.82) is 0 Å². The molecule has 19 heavy (non-hydrogen) atoms.